The minimum absolute atomic E-state index is 0.0586. The number of rotatable bonds is 0. The number of fused-ring (bicyclic) bond motifs is 5. The van der Waals surface area contributed by atoms with Gasteiger partial charge in [-0.05, 0) is 120 Å². The van der Waals surface area contributed by atoms with Crippen LogP contribution in [0.25, 0.3) is 0 Å². The fourth-order valence-corrected chi connectivity index (χ4v) is 12.0. The van der Waals surface area contributed by atoms with Gasteiger partial charge in [0.05, 0.1) is 18.8 Å². The third-order valence-electron chi connectivity index (χ3n) is 14.1. The maximum absolute atomic E-state index is 10.9. The lowest BCUT2D eigenvalue weighted by Crippen LogP contribution is -2.67. The Morgan fingerprint density at radius 3 is 2.16 bits per heavy atom. The van der Waals surface area contributed by atoms with Gasteiger partial charge >= 0.3 is 0 Å². The van der Waals surface area contributed by atoms with Gasteiger partial charge in [0.15, 0.2) is 0 Å². The molecule has 0 aromatic heterocycles. The van der Waals surface area contributed by atoms with Gasteiger partial charge in [-0.15, -0.1) is 0 Å². The van der Waals surface area contributed by atoms with Gasteiger partial charge in [-0.25, -0.2) is 0 Å². The second-order valence-corrected chi connectivity index (χ2v) is 15.7. The van der Waals surface area contributed by atoms with Gasteiger partial charge in [-0.2, -0.15) is 0 Å². The summed E-state index contributed by atoms with van der Waals surface area (Å²) in [5.41, 5.74) is 2.16. The summed E-state index contributed by atoms with van der Waals surface area (Å²) in [6, 6.07) is 0. The molecule has 0 amide bonds. The van der Waals surface area contributed by atoms with E-state index in [0.717, 1.165) is 30.8 Å². The Bertz CT molecular complexity index is 801. The Kier molecular flexibility index (Phi) is 4.46. The number of aliphatic hydroxyl groups excluding tert-OH is 1. The molecule has 6 fully saturated rings. The van der Waals surface area contributed by atoms with Crippen molar-refractivity contribution in [1.82, 2.24) is 0 Å². The molecule has 2 nitrogen and oxygen atoms in total. The summed E-state index contributed by atoms with van der Waals surface area (Å²) >= 11 is 0. The van der Waals surface area contributed by atoms with E-state index >= 15 is 0 Å². The summed E-state index contributed by atoms with van der Waals surface area (Å²) in [6.45, 7) is 18.9. The van der Waals surface area contributed by atoms with E-state index in [1.165, 1.54) is 57.8 Å². The van der Waals surface area contributed by atoms with Crippen LogP contribution in [-0.4, -0.2) is 23.9 Å². The Hall–Kier alpha value is -0.0800. The number of hydrogen-bond acceptors (Lipinski definition) is 2. The summed E-state index contributed by atoms with van der Waals surface area (Å²) in [5.74, 6) is 3.11. The third kappa shape index (κ3) is 2.41. The highest BCUT2D eigenvalue weighted by Gasteiger charge is 2.72. The van der Waals surface area contributed by atoms with Crippen molar-refractivity contribution in [3.63, 3.8) is 0 Å². The topological polar surface area (TPSA) is 29.5 Å². The van der Waals surface area contributed by atoms with Crippen molar-refractivity contribution in [3.8, 4) is 0 Å². The molecule has 0 radical (unpaired) electrons. The first kappa shape index (κ1) is 22.4. The smallest absolute Gasteiger partial charge is 0.0663 e. The first-order valence-electron chi connectivity index (χ1n) is 14.1. The van der Waals surface area contributed by atoms with Crippen LogP contribution in [0.1, 0.15) is 113 Å². The average Bonchev–Trinajstić information content (AvgIpc) is 3.05. The van der Waals surface area contributed by atoms with Crippen LogP contribution in [0.5, 0.6) is 0 Å². The average molecular weight is 443 g/mol. The van der Waals surface area contributed by atoms with Gasteiger partial charge in [0.2, 0.25) is 0 Å². The van der Waals surface area contributed by atoms with Gasteiger partial charge in [-0.3, -0.25) is 0 Å². The quantitative estimate of drug-likeness (QED) is 0.428. The Morgan fingerprint density at radius 1 is 0.688 bits per heavy atom. The van der Waals surface area contributed by atoms with Gasteiger partial charge in [0.1, 0.15) is 0 Å². The first-order valence-corrected chi connectivity index (χ1v) is 14.1. The van der Waals surface area contributed by atoms with Crippen molar-refractivity contribution in [2.24, 2.45) is 56.2 Å². The van der Waals surface area contributed by atoms with Crippen molar-refractivity contribution in [3.05, 3.63) is 0 Å². The van der Waals surface area contributed by atoms with Gasteiger partial charge in [-0.1, -0.05) is 48.5 Å². The van der Waals surface area contributed by atoms with Crippen LogP contribution in [0.15, 0.2) is 0 Å². The van der Waals surface area contributed by atoms with Crippen LogP contribution in [-0.2, 0) is 4.74 Å². The molecule has 1 heterocycles. The van der Waals surface area contributed by atoms with E-state index in [-0.39, 0.29) is 11.5 Å². The van der Waals surface area contributed by atoms with Crippen molar-refractivity contribution in [1.29, 1.82) is 0 Å². The Balaban J connectivity index is 1.39. The van der Waals surface area contributed by atoms with Crippen LogP contribution < -0.4 is 0 Å². The zero-order valence-corrected chi connectivity index (χ0v) is 22.1. The number of aliphatic hydroxyl groups is 1. The molecule has 0 aromatic carbocycles. The highest BCUT2D eigenvalue weighted by atomic mass is 16.5. The Morgan fingerprint density at radius 2 is 1.41 bits per heavy atom. The van der Waals surface area contributed by atoms with Gasteiger partial charge in [0, 0.05) is 0 Å². The molecular weight excluding hydrogens is 392 g/mol. The Labute approximate surface area is 197 Å². The molecule has 182 valence electrons. The summed E-state index contributed by atoms with van der Waals surface area (Å²) in [4.78, 5) is 0. The molecule has 0 spiro atoms. The zero-order chi connectivity index (χ0) is 22.9. The fourth-order valence-electron chi connectivity index (χ4n) is 12.0. The van der Waals surface area contributed by atoms with E-state index in [9.17, 15) is 5.11 Å². The first-order chi connectivity index (χ1) is 14.8. The summed E-state index contributed by atoms with van der Waals surface area (Å²) in [7, 11) is 0. The van der Waals surface area contributed by atoms with E-state index in [1.54, 1.807) is 0 Å². The van der Waals surface area contributed by atoms with Gasteiger partial charge < -0.3 is 9.84 Å². The van der Waals surface area contributed by atoms with E-state index in [2.05, 4.69) is 48.5 Å². The molecule has 5 aliphatic carbocycles. The van der Waals surface area contributed by atoms with Crippen LogP contribution in [0.4, 0.5) is 0 Å². The van der Waals surface area contributed by atoms with E-state index in [0.29, 0.717) is 39.1 Å². The molecule has 1 N–H and O–H groups in total. The molecule has 1 aliphatic heterocycles. The van der Waals surface area contributed by atoms with Crippen LogP contribution >= 0.6 is 0 Å². The normalized spacial score (nSPS) is 60.0. The summed E-state index contributed by atoms with van der Waals surface area (Å²) in [6.07, 6.45) is 13.7. The van der Waals surface area contributed by atoms with Crippen LogP contribution in [0.3, 0.4) is 0 Å². The molecular formula is C30H50O2. The lowest BCUT2D eigenvalue weighted by Gasteiger charge is -2.73. The van der Waals surface area contributed by atoms with Crippen LogP contribution in [0.2, 0.25) is 0 Å². The molecule has 6 aliphatic rings. The van der Waals surface area contributed by atoms with Crippen molar-refractivity contribution >= 4 is 0 Å². The number of hydrogen-bond donors (Lipinski definition) is 1. The lowest BCUT2D eigenvalue weighted by atomic mass is 9.31. The van der Waals surface area contributed by atoms with Crippen molar-refractivity contribution in [2.45, 2.75) is 125 Å². The molecule has 0 aromatic rings. The molecule has 2 bridgehead atoms. The summed E-state index contributed by atoms with van der Waals surface area (Å²) < 4.78 is 6.71. The standard InChI is InChI=1S/C30H50O2/c1-25(2)14-16-30-17-15-28(6)19(23(30)24(25)32-18-30)8-9-21-27(5)12-11-22(31)26(3,4)20(27)10-13-29(21,28)7/h19-24,31H,8-18H2,1-7H3/t19-,20+,21-,22+,23+,24+,27+,28-,29-,30-/m1/s1. The SMILES string of the molecule is CC1(C)CC[C@]23CC[C@]4(C)[C@H](CC[C@@H]5[C@@]6(C)CC[C@H](O)C(C)(C)[C@@H]6CC[C@]54C)[C@H]2[C@@H]1OC3. The summed E-state index contributed by atoms with van der Waals surface area (Å²) in [5, 5.41) is 10.9. The zero-order valence-electron chi connectivity index (χ0n) is 22.1. The minimum atomic E-state index is -0.122. The molecule has 1 saturated heterocycles. The third-order valence-corrected chi connectivity index (χ3v) is 14.1. The van der Waals surface area contributed by atoms with Crippen LogP contribution in [0, 0.1) is 56.2 Å². The fraction of sp³-hybridized carbons (Fsp3) is 1.00. The maximum atomic E-state index is 10.9. The predicted molar refractivity (Wildman–Crippen MR) is 130 cm³/mol. The van der Waals surface area contributed by atoms with E-state index < -0.39 is 0 Å². The highest BCUT2D eigenvalue weighted by molar-refractivity contribution is 5.21. The number of ether oxygens (including phenoxy) is 1. The van der Waals surface area contributed by atoms with E-state index in [4.69, 9.17) is 4.74 Å². The second kappa shape index (κ2) is 6.37. The van der Waals surface area contributed by atoms with Crippen molar-refractivity contribution in [2.75, 3.05) is 6.61 Å². The minimum Gasteiger partial charge on any atom is -0.393 e. The molecule has 32 heavy (non-hydrogen) atoms. The van der Waals surface area contributed by atoms with Crippen molar-refractivity contribution < 1.29 is 9.84 Å². The molecule has 5 saturated carbocycles. The van der Waals surface area contributed by atoms with Gasteiger partial charge in [0.25, 0.3) is 0 Å². The lowest BCUT2D eigenvalue weighted by molar-refractivity contribution is -0.252. The maximum Gasteiger partial charge on any atom is 0.0663 e. The van der Waals surface area contributed by atoms with E-state index in [1.807, 2.05) is 0 Å². The molecule has 0 unspecified atom stereocenters. The largest absolute Gasteiger partial charge is 0.393 e. The highest BCUT2D eigenvalue weighted by Crippen LogP contribution is 2.78. The second-order valence-electron chi connectivity index (χ2n) is 15.7. The molecule has 6 rings (SSSR count). The molecule has 2 heteroatoms. The molecule has 10 atom stereocenters. The predicted octanol–water partition coefficient (Wildman–Crippen LogP) is 7.24. The monoisotopic (exact) mass is 442 g/mol.